The van der Waals surface area contributed by atoms with Gasteiger partial charge in [0.2, 0.25) is 0 Å². The maximum atomic E-state index is 5.48. The van der Waals surface area contributed by atoms with Crippen molar-refractivity contribution < 1.29 is 0 Å². The first-order valence-electron chi connectivity index (χ1n) is 2.56. The summed E-state index contributed by atoms with van der Waals surface area (Å²) in [6.07, 6.45) is 1.40. The standard InChI is InChI=1S/C4H3N5Se/c5-3-2-4(7-1-6-3)9-10-8-2/h1H,(H2,5,6,7,9). The van der Waals surface area contributed by atoms with Crippen LogP contribution in [-0.2, 0) is 0 Å². The fourth-order valence-electron chi connectivity index (χ4n) is 0.637. The molecular formula is C4H3N5Se. The van der Waals surface area contributed by atoms with Gasteiger partial charge in [0, 0.05) is 0 Å². The van der Waals surface area contributed by atoms with Crippen molar-refractivity contribution in [1.82, 2.24) is 17.9 Å². The Morgan fingerprint density at radius 3 is 3.00 bits per heavy atom. The van der Waals surface area contributed by atoms with Crippen LogP contribution in [0.1, 0.15) is 0 Å². The summed E-state index contributed by atoms with van der Waals surface area (Å²) in [4.78, 5) is 7.66. The molecule has 5 nitrogen and oxygen atoms in total. The van der Waals surface area contributed by atoms with Crippen LogP contribution in [0.15, 0.2) is 6.33 Å². The van der Waals surface area contributed by atoms with Gasteiger partial charge in [-0.05, 0) is 0 Å². The Balaban J connectivity index is 2.95. The average molecular weight is 200 g/mol. The number of hydrogen-bond donors (Lipinski definition) is 1. The Labute approximate surface area is 62.5 Å². The molecule has 0 bridgehead atoms. The van der Waals surface area contributed by atoms with Gasteiger partial charge in [-0.3, -0.25) is 0 Å². The van der Waals surface area contributed by atoms with Gasteiger partial charge in [0.05, 0.1) is 0 Å². The number of aromatic nitrogens is 4. The molecule has 2 aromatic rings. The molecule has 2 rings (SSSR count). The Bertz CT molecular complexity index is 355. The van der Waals surface area contributed by atoms with E-state index in [-0.39, 0.29) is 15.0 Å². The van der Waals surface area contributed by atoms with E-state index in [1.165, 1.54) is 6.33 Å². The van der Waals surface area contributed by atoms with Crippen LogP contribution in [0.5, 0.6) is 0 Å². The summed E-state index contributed by atoms with van der Waals surface area (Å²) in [7, 11) is 0. The van der Waals surface area contributed by atoms with Crippen molar-refractivity contribution in [1.29, 1.82) is 0 Å². The van der Waals surface area contributed by atoms with Crippen LogP contribution in [0, 0.1) is 0 Å². The number of rotatable bonds is 0. The zero-order valence-electron chi connectivity index (χ0n) is 4.85. The molecule has 2 aromatic heterocycles. The molecular weight excluding hydrogens is 197 g/mol. The molecule has 0 atom stereocenters. The van der Waals surface area contributed by atoms with E-state index in [2.05, 4.69) is 17.9 Å². The van der Waals surface area contributed by atoms with Crippen LogP contribution in [0.2, 0.25) is 0 Å². The van der Waals surface area contributed by atoms with Crippen molar-refractivity contribution >= 4 is 31.9 Å². The Kier molecular flexibility index (Phi) is 1.15. The first-order valence-corrected chi connectivity index (χ1v) is 4.10. The number of hydrogen-bond acceptors (Lipinski definition) is 5. The van der Waals surface area contributed by atoms with E-state index in [1.54, 1.807) is 0 Å². The van der Waals surface area contributed by atoms with Crippen molar-refractivity contribution in [2.24, 2.45) is 0 Å². The van der Waals surface area contributed by atoms with Crippen LogP contribution in [-0.4, -0.2) is 32.9 Å². The Hall–Kier alpha value is -1.00. The minimum atomic E-state index is -0.0630. The molecule has 10 heavy (non-hydrogen) atoms. The molecule has 0 aliphatic rings. The summed E-state index contributed by atoms with van der Waals surface area (Å²) in [6, 6.07) is 0. The molecule has 0 radical (unpaired) electrons. The minimum absolute atomic E-state index is 0.0630. The topological polar surface area (TPSA) is 77.6 Å². The van der Waals surface area contributed by atoms with Crippen LogP contribution in [0.25, 0.3) is 11.2 Å². The molecule has 0 unspecified atom stereocenters. The number of nitrogen functional groups attached to an aromatic ring is 1. The Morgan fingerprint density at radius 1 is 1.30 bits per heavy atom. The second-order valence-electron chi connectivity index (χ2n) is 1.70. The van der Waals surface area contributed by atoms with Crippen LogP contribution < -0.4 is 5.73 Å². The molecule has 50 valence electrons. The van der Waals surface area contributed by atoms with Gasteiger partial charge in [-0.25, -0.2) is 0 Å². The third kappa shape index (κ3) is 0.698. The summed E-state index contributed by atoms with van der Waals surface area (Å²) in [5, 5.41) is 0. The van der Waals surface area contributed by atoms with Gasteiger partial charge < -0.3 is 0 Å². The molecule has 2 N–H and O–H groups in total. The first kappa shape index (κ1) is 5.76. The van der Waals surface area contributed by atoms with Gasteiger partial charge >= 0.3 is 61.9 Å². The van der Waals surface area contributed by atoms with Gasteiger partial charge in [0.1, 0.15) is 0 Å². The van der Waals surface area contributed by atoms with Gasteiger partial charge in [0.15, 0.2) is 0 Å². The summed E-state index contributed by atoms with van der Waals surface area (Å²) < 4.78 is 8.07. The summed E-state index contributed by atoms with van der Waals surface area (Å²) in [6.45, 7) is 0. The van der Waals surface area contributed by atoms with Crippen molar-refractivity contribution in [3.05, 3.63) is 6.33 Å². The third-order valence-corrected chi connectivity index (χ3v) is 2.18. The zero-order valence-corrected chi connectivity index (χ0v) is 6.56. The SMILES string of the molecule is Nc1ncnc2n[se]nc12. The molecule has 0 aliphatic heterocycles. The number of nitrogens with two attached hydrogens (primary N) is 1. The average Bonchev–Trinajstić information content (AvgIpc) is 2.36. The summed E-state index contributed by atoms with van der Waals surface area (Å²) in [5.74, 6) is 0.424. The van der Waals surface area contributed by atoms with E-state index in [0.29, 0.717) is 17.0 Å². The quantitative estimate of drug-likeness (QED) is 0.555. The second kappa shape index (κ2) is 2.00. The molecule has 0 spiro atoms. The van der Waals surface area contributed by atoms with Crippen LogP contribution in [0.4, 0.5) is 5.82 Å². The predicted octanol–water partition coefficient (Wildman–Crippen LogP) is -0.941. The van der Waals surface area contributed by atoms with Crippen molar-refractivity contribution in [3.8, 4) is 0 Å². The van der Waals surface area contributed by atoms with Gasteiger partial charge in [-0.1, -0.05) is 0 Å². The van der Waals surface area contributed by atoms with Crippen LogP contribution in [0.3, 0.4) is 0 Å². The number of anilines is 1. The molecule has 0 fully saturated rings. The molecule has 0 saturated carbocycles. The fraction of sp³-hybridized carbons (Fsp3) is 0. The van der Waals surface area contributed by atoms with E-state index in [0.717, 1.165) is 0 Å². The van der Waals surface area contributed by atoms with Gasteiger partial charge in [0.25, 0.3) is 0 Å². The normalized spacial score (nSPS) is 10.4. The molecule has 2 heterocycles. The molecule has 0 aliphatic carbocycles. The van der Waals surface area contributed by atoms with Crippen molar-refractivity contribution in [3.63, 3.8) is 0 Å². The summed E-state index contributed by atoms with van der Waals surface area (Å²) in [5.41, 5.74) is 6.76. The zero-order chi connectivity index (χ0) is 6.97. The van der Waals surface area contributed by atoms with E-state index < -0.39 is 0 Å². The van der Waals surface area contributed by atoms with Crippen LogP contribution >= 0.6 is 0 Å². The monoisotopic (exact) mass is 201 g/mol. The number of fused-ring (bicyclic) bond motifs is 1. The predicted molar refractivity (Wildman–Crippen MR) is 36.5 cm³/mol. The van der Waals surface area contributed by atoms with Crippen molar-refractivity contribution in [2.45, 2.75) is 0 Å². The number of nitrogens with zero attached hydrogens (tertiary/aromatic N) is 4. The van der Waals surface area contributed by atoms with Gasteiger partial charge in [-0.15, -0.1) is 0 Å². The Morgan fingerprint density at radius 2 is 2.20 bits per heavy atom. The first-order chi connectivity index (χ1) is 4.88. The third-order valence-electron chi connectivity index (χ3n) is 1.09. The molecule has 0 aromatic carbocycles. The van der Waals surface area contributed by atoms with E-state index >= 15 is 0 Å². The van der Waals surface area contributed by atoms with Crippen molar-refractivity contribution in [2.75, 3.05) is 5.73 Å². The molecule has 0 saturated heterocycles. The van der Waals surface area contributed by atoms with E-state index in [4.69, 9.17) is 5.73 Å². The molecule has 6 heteroatoms. The summed E-state index contributed by atoms with van der Waals surface area (Å²) >= 11 is -0.0630. The van der Waals surface area contributed by atoms with Gasteiger partial charge in [-0.2, -0.15) is 0 Å². The molecule has 0 amide bonds. The van der Waals surface area contributed by atoms with E-state index in [9.17, 15) is 0 Å². The maximum absolute atomic E-state index is 5.48. The second-order valence-corrected chi connectivity index (χ2v) is 2.80. The fourth-order valence-corrected chi connectivity index (χ4v) is 1.70. The van der Waals surface area contributed by atoms with E-state index in [1.807, 2.05) is 0 Å².